The zero-order valence-electron chi connectivity index (χ0n) is 11.6. The fourth-order valence-electron chi connectivity index (χ4n) is 2.17. The lowest BCUT2D eigenvalue weighted by Gasteiger charge is -2.15. The number of nitrogens with zero attached hydrogens (tertiary/aromatic N) is 2. The predicted octanol–water partition coefficient (Wildman–Crippen LogP) is 0.204. The number of rotatable bonds is 6. The number of likely N-dealkylation sites (tertiary alicyclic amines) is 1. The van der Waals surface area contributed by atoms with E-state index in [0.717, 1.165) is 13.0 Å². The van der Waals surface area contributed by atoms with Crippen molar-refractivity contribution in [1.29, 1.82) is 0 Å². The summed E-state index contributed by atoms with van der Waals surface area (Å²) in [5.41, 5.74) is 11.5. The van der Waals surface area contributed by atoms with Gasteiger partial charge in [-0.15, -0.1) is 0 Å². The summed E-state index contributed by atoms with van der Waals surface area (Å²) in [6, 6.07) is 0. The van der Waals surface area contributed by atoms with Crippen molar-refractivity contribution < 1.29 is 9.53 Å². The number of anilines is 2. The summed E-state index contributed by atoms with van der Waals surface area (Å²) >= 11 is 1.29. The van der Waals surface area contributed by atoms with Crippen molar-refractivity contribution in [3.63, 3.8) is 0 Å². The molecule has 1 aliphatic rings. The molecule has 0 spiro atoms. The Morgan fingerprint density at radius 2 is 2.45 bits per heavy atom. The minimum absolute atomic E-state index is 0.0456. The number of nitrogen functional groups attached to an aromatic ring is 1. The van der Waals surface area contributed by atoms with Gasteiger partial charge in [-0.1, -0.05) is 11.3 Å². The maximum atomic E-state index is 12.4. The molecule has 1 aliphatic heterocycles. The lowest BCUT2D eigenvalue weighted by molar-refractivity contribution is 0.0793. The molecule has 0 bridgehead atoms. The Morgan fingerprint density at radius 1 is 1.65 bits per heavy atom. The van der Waals surface area contributed by atoms with Crippen LogP contribution in [0.15, 0.2) is 0 Å². The van der Waals surface area contributed by atoms with Gasteiger partial charge in [-0.25, -0.2) is 4.98 Å². The lowest BCUT2D eigenvalue weighted by Crippen LogP contribution is -2.29. The molecule has 8 heteroatoms. The molecule has 5 N–H and O–H groups in total. The third-order valence-electron chi connectivity index (χ3n) is 3.34. The Morgan fingerprint density at radius 3 is 3.10 bits per heavy atom. The van der Waals surface area contributed by atoms with Gasteiger partial charge in [-0.3, -0.25) is 4.79 Å². The van der Waals surface area contributed by atoms with E-state index in [2.05, 4.69) is 10.3 Å². The van der Waals surface area contributed by atoms with Gasteiger partial charge in [-0.2, -0.15) is 0 Å². The van der Waals surface area contributed by atoms with E-state index >= 15 is 0 Å². The molecular weight excluding hydrogens is 278 g/mol. The fourth-order valence-corrected chi connectivity index (χ4v) is 3.05. The van der Waals surface area contributed by atoms with Crippen LogP contribution in [-0.2, 0) is 4.74 Å². The van der Waals surface area contributed by atoms with Gasteiger partial charge in [0.25, 0.3) is 5.91 Å². The smallest absolute Gasteiger partial charge is 0.267 e. The number of hydrogen-bond acceptors (Lipinski definition) is 7. The molecule has 2 rings (SSSR count). The van der Waals surface area contributed by atoms with Crippen molar-refractivity contribution in [2.75, 3.05) is 50.9 Å². The first-order chi connectivity index (χ1) is 9.65. The largest absolute Gasteiger partial charge is 0.383 e. The van der Waals surface area contributed by atoms with Crippen molar-refractivity contribution in [2.24, 2.45) is 11.7 Å². The van der Waals surface area contributed by atoms with Crippen LogP contribution in [0.2, 0.25) is 0 Å². The van der Waals surface area contributed by atoms with Crippen LogP contribution in [0, 0.1) is 5.92 Å². The number of carbonyl (C=O) groups is 1. The SMILES string of the molecule is COCCNc1nc(N)c(C(=O)N2CCC(CN)C2)s1. The standard InChI is InChI=1S/C12H21N5O2S/c1-19-5-3-15-12-16-10(14)9(20-12)11(18)17-4-2-8(6-13)7-17/h8H,2-7,13-14H2,1H3,(H,15,16). The van der Waals surface area contributed by atoms with Gasteiger partial charge in [0.1, 0.15) is 10.7 Å². The van der Waals surface area contributed by atoms with Crippen LogP contribution in [0.3, 0.4) is 0 Å². The van der Waals surface area contributed by atoms with Gasteiger partial charge >= 0.3 is 0 Å². The highest BCUT2D eigenvalue weighted by atomic mass is 32.1. The lowest BCUT2D eigenvalue weighted by atomic mass is 10.1. The molecule has 2 heterocycles. The van der Waals surface area contributed by atoms with Crippen molar-refractivity contribution in [3.05, 3.63) is 4.88 Å². The Balaban J connectivity index is 1.99. The van der Waals surface area contributed by atoms with Crippen molar-refractivity contribution >= 4 is 28.2 Å². The molecule has 0 aromatic carbocycles. The Kier molecular flexibility index (Phi) is 5.16. The number of hydrogen-bond donors (Lipinski definition) is 3. The highest BCUT2D eigenvalue weighted by Gasteiger charge is 2.28. The maximum Gasteiger partial charge on any atom is 0.267 e. The van der Waals surface area contributed by atoms with Crippen LogP contribution < -0.4 is 16.8 Å². The molecule has 0 aliphatic carbocycles. The highest BCUT2D eigenvalue weighted by Crippen LogP contribution is 2.28. The third-order valence-corrected chi connectivity index (χ3v) is 4.35. The number of carbonyl (C=O) groups excluding carboxylic acids is 1. The second-order valence-corrected chi connectivity index (χ2v) is 5.79. The molecule has 1 saturated heterocycles. The van der Waals surface area contributed by atoms with E-state index in [0.29, 0.717) is 42.2 Å². The van der Waals surface area contributed by atoms with E-state index in [1.807, 2.05) is 0 Å². The van der Waals surface area contributed by atoms with E-state index in [-0.39, 0.29) is 11.7 Å². The minimum atomic E-state index is -0.0456. The van der Waals surface area contributed by atoms with Crippen LogP contribution in [0.1, 0.15) is 16.1 Å². The molecule has 1 aromatic heterocycles. The number of nitrogens with one attached hydrogen (secondary N) is 1. The first-order valence-corrected chi connectivity index (χ1v) is 7.45. The number of nitrogens with two attached hydrogens (primary N) is 2. The van der Waals surface area contributed by atoms with Crippen LogP contribution in [0.5, 0.6) is 0 Å². The summed E-state index contributed by atoms with van der Waals surface area (Å²) in [7, 11) is 1.63. The average Bonchev–Trinajstić information content (AvgIpc) is 3.05. The Hall–Kier alpha value is -1.38. The summed E-state index contributed by atoms with van der Waals surface area (Å²) in [5.74, 6) is 0.638. The zero-order valence-corrected chi connectivity index (χ0v) is 12.4. The normalized spacial score (nSPS) is 18.5. The molecule has 0 radical (unpaired) electrons. The van der Waals surface area contributed by atoms with E-state index < -0.39 is 0 Å². The van der Waals surface area contributed by atoms with Gasteiger partial charge in [0, 0.05) is 26.7 Å². The molecule has 1 amide bonds. The summed E-state index contributed by atoms with van der Waals surface area (Å²) in [6.45, 7) is 3.28. The summed E-state index contributed by atoms with van der Waals surface area (Å²) in [6.07, 6.45) is 0.958. The van der Waals surface area contributed by atoms with Crippen molar-refractivity contribution in [2.45, 2.75) is 6.42 Å². The second kappa shape index (κ2) is 6.87. The number of thiazole rings is 1. The minimum Gasteiger partial charge on any atom is -0.383 e. The van der Waals surface area contributed by atoms with Gasteiger partial charge in [0.15, 0.2) is 5.13 Å². The molecule has 1 atom stereocenters. The fraction of sp³-hybridized carbons (Fsp3) is 0.667. The van der Waals surface area contributed by atoms with Crippen LogP contribution in [0.4, 0.5) is 10.9 Å². The van der Waals surface area contributed by atoms with E-state index in [1.54, 1.807) is 12.0 Å². The van der Waals surface area contributed by atoms with E-state index in [9.17, 15) is 4.79 Å². The predicted molar refractivity (Wildman–Crippen MR) is 80.0 cm³/mol. The average molecular weight is 299 g/mol. The van der Waals surface area contributed by atoms with Gasteiger partial charge < -0.3 is 26.4 Å². The molecule has 1 fully saturated rings. The molecule has 1 aromatic rings. The zero-order chi connectivity index (χ0) is 14.5. The summed E-state index contributed by atoms with van der Waals surface area (Å²) in [5, 5.41) is 3.73. The van der Waals surface area contributed by atoms with Gasteiger partial charge in [0.2, 0.25) is 0 Å². The van der Waals surface area contributed by atoms with E-state index in [4.69, 9.17) is 16.2 Å². The quantitative estimate of drug-likeness (QED) is 0.648. The number of amides is 1. The number of aromatic nitrogens is 1. The first kappa shape index (κ1) is 15.0. The third kappa shape index (κ3) is 3.38. The van der Waals surface area contributed by atoms with Crippen molar-refractivity contribution in [1.82, 2.24) is 9.88 Å². The molecule has 112 valence electrons. The van der Waals surface area contributed by atoms with Crippen molar-refractivity contribution in [3.8, 4) is 0 Å². The molecule has 20 heavy (non-hydrogen) atoms. The van der Waals surface area contributed by atoms with Crippen LogP contribution in [-0.4, -0.2) is 55.7 Å². The molecule has 0 saturated carbocycles. The van der Waals surface area contributed by atoms with Gasteiger partial charge in [0.05, 0.1) is 6.61 Å². The monoisotopic (exact) mass is 299 g/mol. The van der Waals surface area contributed by atoms with E-state index in [1.165, 1.54) is 11.3 Å². The topological polar surface area (TPSA) is 106 Å². The Labute approximate surface area is 122 Å². The Bertz CT molecular complexity index is 465. The van der Waals surface area contributed by atoms with Crippen LogP contribution >= 0.6 is 11.3 Å². The summed E-state index contributed by atoms with van der Waals surface area (Å²) < 4.78 is 4.95. The molecular formula is C12H21N5O2S. The molecule has 7 nitrogen and oxygen atoms in total. The second-order valence-electron chi connectivity index (χ2n) is 4.79. The van der Waals surface area contributed by atoms with Crippen LogP contribution in [0.25, 0.3) is 0 Å². The number of methoxy groups -OCH3 is 1. The number of ether oxygens (including phenoxy) is 1. The summed E-state index contributed by atoms with van der Waals surface area (Å²) in [4.78, 5) is 18.9. The highest BCUT2D eigenvalue weighted by molar-refractivity contribution is 7.18. The van der Waals surface area contributed by atoms with Gasteiger partial charge in [-0.05, 0) is 18.9 Å². The molecule has 1 unspecified atom stereocenters. The maximum absolute atomic E-state index is 12.4. The first-order valence-electron chi connectivity index (χ1n) is 6.64.